The van der Waals surface area contributed by atoms with Gasteiger partial charge in [-0.1, -0.05) is 36.4 Å². The molecule has 9 heteroatoms. The average Bonchev–Trinajstić information content (AvgIpc) is 2.89. The summed E-state index contributed by atoms with van der Waals surface area (Å²) in [5.41, 5.74) is 1.43. The fourth-order valence-electron chi connectivity index (χ4n) is 4.55. The first kappa shape index (κ1) is 22.8. The van der Waals surface area contributed by atoms with E-state index < -0.39 is 10.0 Å². The second-order valence-electron chi connectivity index (χ2n) is 8.65. The van der Waals surface area contributed by atoms with Gasteiger partial charge in [0, 0.05) is 37.6 Å². The largest absolute Gasteiger partial charge is 0.378 e. The molecule has 2 saturated heterocycles. The first-order valence-electron chi connectivity index (χ1n) is 11.6. The van der Waals surface area contributed by atoms with Crippen molar-refractivity contribution in [3.63, 3.8) is 0 Å². The summed E-state index contributed by atoms with van der Waals surface area (Å²) in [7, 11) is -3.55. The van der Waals surface area contributed by atoms with E-state index in [0.717, 1.165) is 16.7 Å². The number of carbonyl (C=O) groups is 1. The molecule has 3 aromatic rings. The molecule has 2 aromatic carbocycles. The van der Waals surface area contributed by atoms with Gasteiger partial charge in [-0.2, -0.15) is 0 Å². The molecule has 0 radical (unpaired) electrons. The van der Waals surface area contributed by atoms with Gasteiger partial charge in [0.2, 0.25) is 10.0 Å². The van der Waals surface area contributed by atoms with Crippen molar-refractivity contribution >= 4 is 32.7 Å². The van der Waals surface area contributed by atoms with E-state index in [1.807, 2.05) is 35.2 Å². The van der Waals surface area contributed by atoms with E-state index in [0.29, 0.717) is 57.8 Å². The van der Waals surface area contributed by atoms with Crippen LogP contribution in [0.3, 0.4) is 0 Å². The zero-order chi connectivity index (χ0) is 23.5. The Bertz CT molecular complexity index is 1270. The number of hydrogen-bond acceptors (Lipinski definition) is 6. The van der Waals surface area contributed by atoms with Crippen molar-refractivity contribution in [2.24, 2.45) is 0 Å². The molecule has 0 bridgehead atoms. The standard InChI is InChI=1S/C25H28N4O4S/c30-25(29-14-16-33-17-15-29)22-18-24(26-23-9-5-4-8-21(22)23)28-12-10-19(11-13-28)27-34(31,32)20-6-2-1-3-7-20/h1-9,18-19,27H,10-17H2. The van der Waals surface area contributed by atoms with Crippen LogP contribution in [0.5, 0.6) is 0 Å². The number of fused-ring (bicyclic) bond motifs is 1. The third-order valence-electron chi connectivity index (χ3n) is 6.43. The Balaban J connectivity index is 1.34. The van der Waals surface area contributed by atoms with Crippen molar-refractivity contribution < 1.29 is 17.9 Å². The van der Waals surface area contributed by atoms with Gasteiger partial charge in [-0.25, -0.2) is 18.1 Å². The lowest BCUT2D eigenvalue weighted by atomic mass is 10.0. The van der Waals surface area contributed by atoms with Crippen molar-refractivity contribution in [2.45, 2.75) is 23.8 Å². The summed E-state index contributed by atoms with van der Waals surface area (Å²) in [6, 6.07) is 17.9. The third-order valence-corrected chi connectivity index (χ3v) is 7.96. The predicted octanol–water partition coefficient (Wildman–Crippen LogP) is 2.65. The van der Waals surface area contributed by atoms with Crippen LogP contribution in [0, 0.1) is 0 Å². The number of piperidine rings is 1. The Kier molecular flexibility index (Phi) is 6.49. The third kappa shape index (κ3) is 4.77. The highest BCUT2D eigenvalue weighted by Crippen LogP contribution is 2.27. The zero-order valence-corrected chi connectivity index (χ0v) is 19.7. The highest BCUT2D eigenvalue weighted by molar-refractivity contribution is 7.89. The number of morpholine rings is 1. The topological polar surface area (TPSA) is 91.8 Å². The van der Waals surface area contributed by atoms with Gasteiger partial charge in [0.1, 0.15) is 5.82 Å². The van der Waals surface area contributed by atoms with Crippen LogP contribution in [-0.2, 0) is 14.8 Å². The second kappa shape index (κ2) is 9.69. The number of benzene rings is 2. The molecule has 0 spiro atoms. The number of pyridine rings is 1. The minimum atomic E-state index is -3.55. The lowest BCUT2D eigenvalue weighted by molar-refractivity contribution is 0.0304. The number of anilines is 1. The maximum Gasteiger partial charge on any atom is 0.254 e. The summed E-state index contributed by atoms with van der Waals surface area (Å²) in [6.07, 6.45) is 1.32. The summed E-state index contributed by atoms with van der Waals surface area (Å²) in [6.45, 7) is 3.56. The van der Waals surface area contributed by atoms with E-state index in [4.69, 9.17) is 9.72 Å². The first-order chi connectivity index (χ1) is 16.5. The molecule has 34 heavy (non-hydrogen) atoms. The van der Waals surface area contributed by atoms with Crippen LogP contribution in [0.2, 0.25) is 0 Å². The van der Waals surface area contributed by atoms with Crippen LogP contribution >= 0.6 is 0 Å². The minimum absolute atomic E-state index is 0.00587. The number of carbonyl (C=O) groups excluding carboxylic acids is 1. The molecule has 2 fully saturated rings. The molecule has 1 N–H and O–H groups in total. The molecule has 0 atom stereocenters. The lowest BCUT2D eigenvalue weighted by Crippen LogP contribution is -2.45. The zero-order valence-electron chi connectivity index (χ0n) is 18.9. The van der Waals surface area contributed by atoms with Gasteiger partial charge in [0.05, 0.1) is 29.2 Å². The monoisotopic (exact) mass is 480 g/mol. The molecule has 0 saturated carbocycles. The Morgan fingerprint density at radius 1 is 0.941 bits per heavy atom. The molecule has 2 aliphatic rings. The molecule has 0 unspecified atom stereocenters. The highest BCUT2D eigenvalue weighted by Gasteiger charge is 2.27. The van der Waals surface area contributed by atoms with E-state index in [2.05, 4.69) is 9.62 Å². The molecular formula is C25H28N4O4S. The molecule has 2 aliphatic heterocycles. The van der Waals surface area contributed by atoms with Crippen LogP contribution in [0.25, 0.3) is 10.9 Å². The summed E-state index contributed by atoms with van der Waals surface area (Å²) < 4.78 is 33.6. The quantitative estimate of drug-likeness (QED) is 0.604. The van der Waals surface area contributed by atoms with Gasteiger partial charge in [-0.15, -0.1) is 0 Å². The maximum absolute atomic E-state index is 13.3. The average molecular weight is 481 g/mol. The Morgan fingerprint density at radius 3 is 2.35 bits per heavy atom. The van der Waals surface area contributed by atoms with Gasteiger partial charge in [-0.05, 0) is 37.1 Å². The number of aromatic nitrogens is 1. The van der Waals surface area contributed by atoms with E-state index in [-0.39, 0.29) is 16.8 Å². The lowest BCUT2D eigenvalue weighted by Gasteiger charge is -2.33. The minimum Gasteiger partial charge on any atom is -0.378 e. The van der Waals surface area contributed by atoms with Crippen molar-refractivity contribution in [3.05, 3.63) is 66.2 Å². The van der Waals surface area contributed by atoms with Crippen LogP contribution in [0.1, 0.15) is 23.2 Å². The number of sulfonamides is 1. The number of amides is 1. The fourth-order valence-corrected chi connectivity index (χ4v) is 5.88. The summed E-state index contributed by atoms with van der Waals surface area (Å²) in [5, 5.41) is 0.841. The SMILES string of the molecule is O=C(c1cc(N2CCC(NS(=O)(=O)c3ccccc3)CC2)nc2ccccc12)N1CCOCC1. The fraction of sp³-hybridized carbons (Fsp3) is 0.360. The van der Waals surface area contributed by atoms with E-state index >= 15 is 0 Å². The summed E-state index contributed by atoms with van der Waals surface area (Å²) >= 11 is 0. The number of rotatable bonds is 5. The van der Waals surface area contributed by atoms with Crippen molar-refractivity contribution in [3.8, 4) is 0 Å². The smallest absolute Gasteiger partial charge is 0.254 e. The first-order valence-corrected chi connectivity index (χ1v) is 13.1. The van der Waals surface area contributed by atoms with Gasteiger partial charge in [0.25, 0.3) is 5.91 Å². The molecule has 1 aromatic heterocycles. The number of hydrogen-bond donors (Lipinski definition) is 1. The van der Waals surface area contributed by atoms with Crippen LogP contribution < -0.4 is 9.62 Å². The molecule has 1 amide bonds. The van der Waals surface area contributed by atoms with E-state index in [9.17, 15) is 13.2 Å². The Labute approximate surface area is 199 Å². The van der Waals surface area contributed by atoms with E-state index in [1.165, 1.54) is 0 Å². The molecule has 5 rings (SSSR count). The molecular weight excluding hydrogens is 452 g/mol. The van der Waals surface area contributed by atoms with Crippen molar-refractivity contribution in [1.29, 1.82) is 0 Å². The van der Waals surface area contributed by atoms with E-state index in [1.54, 1.807) is 30.3 Å². The molecule has 178 valence electrons. The Hall–Kier alpha value is -3.01. The van der Waals surface area contributed by atoms with Crippen LogP contribution in [0.4, 0.5) is 5.82 Å². The molecule has 8 nitrogen and oxygen atoms in total. The number of ether oxygens (including phenoxy) is 1. The highest BCUT2D eigenvalue weighted by atomic mass is 32.2. The summed E-state index contributed by atoms with van der Waals surface area (Å²) in [4.78, 5) is 22.4. The maximum atomic E-state index is 13.3. The van der Waals surface area contributed by atoms with Crippen molar-refractivity contribution in [1.82, 2.24) is 14.6 Å². The normalized spacial score (nSPS) is 17.8. The summed E-state index contributed by atoms with van der Waals surface area (Å²) in [5.74, 6) is 0.744. The number of para-hydroxylation sites is 1. The predicted molar refractivity (Wildman–Crippen MR) is 130 cm³/mol. The van der Waals surface area contributed by atoms with Gasteiger partial charge >= 0.3 is 0 Å². The number of nitrogens with zero attached hydrogens (tertiary/aromatic N) is 3. The van der Waals surface area contributed by atoms with Crippen LogP contribution in [-0.4, -0.2) is 69.6 Å². The van der Waals surface area contributed by atoms with Crippen LogP contribution in [0.15, 0.2) is 65.6 Å². The molecule has 0 aliphatic carbocycles. The molecule has 3 heterocycles. The number of nitrogens with one attached hydrogen (secondary N) is 1. The van der Waals surface area contributed by atoms with Gasteiger partial charge in [-0.3, -0.25) is 4.79 Å². The second-order valence-corrected chi connectivity index (χ2v) is 10.4. The van der Waals surface area contributed by atoms with Crippen molar-refractivity contribution in [2.75, 3.05) is 44.3 Å². The van der Waals surface area contributed by atoms with Gasteiger partial charge < -0.3 is 14.5 Å². The van der Waals surface area contributed by atoms with Gasteiger partial charge in [0.15, 0.2) is 0 Å². The Morgan fingerprint density at radius 2 is 1.62 bits per heavy atom.